The molecule has 0 saturated carbocycles. The maximum absolute atomic E-state index is 12.5. The molecule has 0 aliphatic heterocycles. The maximum Gasteiger partial charge on any atom is 0.340 e. The monoisotopic (exact) mass is 390 g/mol. The molecule has 0 fully saturated rings. The second-order valence-corrected chi connectivity index (χ2v) is 6.35. The number of carbonyl (C=O) groups is 2. The zero-order valence-electron chi connectivity index (χ0n) is 16.3. The van der Waals surface area contributed by atoms with Crippen LogP contribution in [0.25, 0.3) is 0 Å². The Morgan fingerprint density at radius 3 is 2.45 bits per heavy atom. The Morgan fingerprint density at radius 2 is 1.76 bits per heavy atom. The van der Waals surface area contributed by atoms with Gasteiger partial charge >= 0.3 is 5.97 Å². The van der Waals surface area contributed by atoms with E-state index >= 15 is 0 Å². The summed E-state index contributed by atoms with van der Waals surface area (Å²) >= 11 is 0. The van der Waals surface area contributed by atoms with Gasteiger partial charge in [-0.15, -0.1) is 0 Å². The predicted molar refractivity (Wildman–Crippen MR) is 111 cm³/mol. The smallest absolute Gasteiger partial charge is 0.340 e. The number of hydrogen-bond acceptors (Lipinski definition) is 6. The lowest BCUT2D eigenvalue weighted by Gasteiger charge is -2.10. The van der Waals surface area contributed by atoms with E-state index in [9.17, 15) is 9.59 Å². The van der Waals surface area contributed by atoms with E-state index in [1.54, 1.807) is 31.2 Å². The fourth-order valence-electron chi connectivity index (χ4n) is 2.60. The summed E-state index contributed by atoms with van der Waals surface area (Å²) in [5.41, 5.74) is 3.11. The highest BCUT2D eigenvalue weighted by atomic mass is 16.5. The van der Waals surface area contributed by atoms with Crippen LogP contribution < -0.4 is 10.6 Å². The third-order valence-electron chi connectivity index (χ3n) is 4.15. The van der Waals surface area contributed by atoms with Crippen molar-refractivity contribution in [1.29, 1.82) is 0 Å². The number of anilines is 2. The summed E-state index contributed by atoms with van der Waals surface area (Å²) in [6.45, 7) is 4.62. The number of benzene rings is 2. The van der Waals surface area contributed by atoms with Crippen molar-refractivity contribution in [2.24, 2.45) is 0 Å². The number of nitrogens with one attached hydrogen (secondary N) is 2. The molecule has 0 atom stereocenters. The van der Waals surface area contributed by atoms with E-state index in [-0.39, 0.29) is 17.9 Å². The highest BCUT2D eigenvalue weighted by Crippen LogP contribution is 2.17. The molecule has 0 bridgehead atoms. The largest absolute Gasteiger partial charge is 0.462 e. The van der Waals surface area contributed by atoms with Crippen LogP contribution in [-0.4, -0.2) is 28.5 Å². The minimum atomic E-state index is -0.495. The van der Waals surface area contributed by atoms with Crippen molar-refractivity contribution in [3.05, 3.63) is 83.3 Å². The first kappa shape index (κ1) is 20.0. The number of aryl methyl sites for hydroxylation is 1. The normalized spacial score (nSPS) is 10.3. The first-order valence-corrected chi connectivity index (χ1v) is 9.25. The number of para-hydroxylation sites is 1. The van der Waals surface area contributed by atoms with Gasteiger partial charge < -0.3 is 15.4 Å². The molecule has 148 valence electrons. The molecule has 2 N–H and O–H groups in total. The Hall–Kier alpha value is -3.74. The van der Waals surface area contributed by atoms with Crippen LogP contribution in [0.5, 0.6) is 0 Å². The molecule has 0 saturated heterocycles. The minimum absolute atomic E-state index is 0.143. The molecular formula is C22H22N4O3. The first-order chi connectivity index (χ1) is 14.1. The fourth-order valence-corrected chi connectivity index (χ4v) is 2.60. The Kier molecular flexibility index (Phi) is 6.52. The number of esters is 1. The number of aromatic nitrogens is 2. The summed E-state index contributed by atoms with van der Waals surface area (Å²) in [6, 6.07) is 14.8. The van der Waals surface area contributed by atoms with Crippen molar-refractivity contribution < 1.29 is 14.3 Å². The van der Waals surface area contributed by atoms with Crippen molar-refractivity contribution in [2.75, 3.05) is 17.2 Å². The number of carbonyl (C=O) groups excluding carboxylic acids is 2. The Labute approximate surface area is 169 Å². The average Bonchev–Trinajstić information content (AvgIpc) is 2.74. The highest BCUT2D eigenvalue weighted by Gasteiger charge is 2.15. The second kappa shape index (κ2) is 9.45. The third kappa shape index (κ3) is 5.38. The molecule has 1 amide bonds. The van der Waals surface area contributed by atoms with Crippen molar-refractivity contribution in [2.45, 2.75) is 20.4 Å². The van der Waals surface area contributed by atoms with E-state index in [4.69, 9.17) is 4.74 Å². The molecule has 3 rings (SSSR count). The molecule has 1 aromatic heterocycles. The van der Waals surface area contributed by atoms with Gasteiger partial charge in [0.1, 0.15) is 11.5 Å². The minimum Gasteiger partial charge on any atom is -0.462 e. The molecule has 1 heterocycles. The number of rotatable bonds is 7. The molecule has 3 aromatic rings. The quantitative estimate of drug-likeness (QED) is 0.596. The zero-order valence-corrected chi connectivity index (χ0v) is 16.3. The van der Waals surface area contributed by atoms with Crippen molar-refractivity contribution >= 4 is 23.4 Å². The van der Waals surface area contributed by atoms with Crippen LogP contribution >= 0.6 is 0 Å². The molecular weight excluding hydrogens is 368 g/mol. The topological polar surface area (TPSA) is 93.2 Å². The summed E-state index contributed by atoms with van der Waals surface area (Å²) in [4.78, 5) is 32.9. The predicted octanol–water partition coefficient (Wildman–Crippen LogP) is 3.83. The summed E-state index contributed by atoms with van der Waals surface area (Å²) in [7, 11) is 0. The van der Waals surface area contributed by atoms with Crippen LogP contribution in [0.3, 0.4) is 0 Å². The molecule has 0 spiro atoms. The first-order valence-electron chi connectivity index (χ1n) is 9.25. The van der Waals surface area contributed by atoms with Gasteiger partial charge in [-0.3, -0.25) is 4.79 Å². The molecule has 0 aliphatic carbocycles. The lowest BCUT2D eigenvalue weighted by molar-refractivity contribution is 0.0527. The van der Waals surface area contributed by atoms with E-state index in [1.807, 2.05) is 31.2 Å². The fraction of sp³-hybridized carbons (Fsp3) is 0.182. The van der Waals surface area contributed by atoms with Crippen LogP contribution in [0.4, 0.5) is 11.5 Å². The molecule has 7 nitrogen and oxygen atoms in total. The number of amides is 1. The standard InChI is InChI=1S/C22H22N4O3/c1-3-29-22(28)17-6-4-5-7-18(17)26-21(27)19-13-25-20(14-23-19)24-12-16-10-8-15(2)9-11-16/h4-11,13-14H,3,12H2,1-2H3,(H,24,25)(H,26,27). The lowest BCUT2D eigenvalue weighted by atomic mass is 10.1. The SMILES string of the molecule is CCOC(=O)c1ccccc1NC(=O)c1cnc(NCc2ccc(C)cc2)cn1. The number of ether oxygens (including phenoxy) is 1. The van der Waals surface area contributed by atoms with Crippen LogP contribution in [-0.2, 0) is 11.3 Å². The number of hydrogen-bond donors (Lipinski definition) is 2. The van der Waals surface area contributed by atoms with Crippen LogP contribution in [0.2, 0.25) is 0 Å². The highest BCUT2D eigenvalue weighted by molar-refractivity contribution is 6.06. The van der Waals surface area contributed by atoms with E-state index < -0.39 is 11.9 Å². The summed E-state index contributed by atoms with van der Waals surface area (Å²) in [5.74, 6) is -0.390. The summed E-state index contributed by atoms with van der Waals surface area (Å²) in [5, 5.41) is 5.85. The van der Waals surface area contributed by atoms with E-state index in [1.165, 1.54) is 18.0 Å². The van der Waals surface area contributed by atoms with Crippen molar-refractivity contribution in [1.82, 2.24) is 9.97 Å². The Morgan fingerprint density at radius 1 is 1.00 bits per heavy atom. The van der Waals surface area contributed by atoms with Crippen LogP contribution in [0, 0.1) is 6.92 Å². The molecule has 0 aliphatic rings. The van der Waals surface area contributed by atoms with Gasteiger partial charge in [0.05, 0.1) is 30.3 Å². The summed E-state index contributed by atoms with van der Waals surface area (Å²) < 4.78 is 5.01. The Bertz CT molecular complexity index is 986. The van der Waals surface area contributed by atoms with Crippen molar-refractivity contribution in [3.8, 4) is 0 Å². The zero-order chi connectivity index (χ0) is 20.6. The van der Waals surface area contributed by atoms with Gasteiger partial charge in [-0.2, -0.15) is 0 Å². The van der Waals surface area contributed by atoms with Gasteiger partial charge in [0.2, 0.25) is 0 Å². The van der Waals surface area contributed by atoms with E-state index in [0.29, 0.717) is 18.1 Å². The van der Waals surface area contributed by atoms with Crippen molar-refractivity contribution in [3.63, 3.8) is 0 Å². The van der Waals surface area contributed by atoms with Gasteiger partial charge in [0, 0.05) is 6.54 Å². The maximum atomic E-state index is 12.5. The molecule has 0 unspecified atom stereocenters. The summed E-state index contributed by atoms with van der Waals surface area (Å²) in [6.07, 6.45) is 2.89. The van der Waals surface area contributed by atoms with Gasteiger partial charge in [-0.05, 0) is 31.5 Å². The van der Waals surface area contributed by atoms with Gasteiger partial charge in [-0.1, -0.05) is 42.0 Å². The number of nitrogens with zero attached hydrogens (tertiary/aromatic N) is 2. The Balaban J connectivity index is 1.63. The molecule has 2 aromatic carbocycles. The molecule has 29 heavy (non-hydrogen) atoms. The van der Waals surface area contributed by atoms with E-state index in [2.05, 4.69) is 20.6 Å². The van der Waals surface area contributed by atoms with Crippen LogP contribution in [0.1, 0.15) is 38.9 Å². The van der Waals surface area contributed by atoms with E-state index in [0.717, 1.165) is 5.56 Å². The van der Waals surface area contributed by atoms with Gasteiger partial charge in [0.25, 0.3) is 5.91 Å². The third-order valence-corrected chi connectivity index (χ3v) is 4.15. The van der Waals surface area contributed by atoms with Gasteiger partial charge in [0.15, 0.2) is 0 Å². The van der Waals surface area contributed by atoms with Crippen LogP contribution in [0.15, 0.2) is 60.9 Å². The average molecular weight is 390 g/mol. The van der Waals surface area contributed by atoms with Gasteiger partial charge in [-0.25, -0.2) is 14.8 Å². The molecule has 7 heteroatoms. The molecule has 0 radical (unpaired) electrons. The second-order valence-electron chi connectivity index (χ2n) is 6.35. The lowest BCUT2D eigenvalue weighted by Crippen LogP contribution is -2.17.